The van der Waals surface area contributed by atoms with Crippen LogP contribution in [0.3, 0.4) is 0 Å². The molecule has 0 N–H and O–H groups in total. The molecule has 1 aromatic heterocycles. The van der Waals surface area contributed by atoms with E-state index in [1.165, 1.54) is 23.5 Å². The third kappa shape index (κ3) is 3.91. The Kier molecular flexibility index (Phi) is 4.77. The minimum atomic E-state index is -4.30. The van der Waals surface area contributed by atoms with E-state index in [9.17, 15) is 18.0 Å². The second-order valence-electron chi connectivity index (χ2n) is 4.58. The number of aromatic nitrogens is 1. The molecule has 2 rings (SSSR count). The van der Waals surface area contributed by atoms with Gasteiger partial charge in [-0.15, -0.1) is 11.3 Å². The summed E-state index contributed by atoms with van der Waals surface area (Å²) in [6, 6.07) is 5.15. The lowest BCUT2D eigenvalue weighted by Gasteiger charge is -2.07. The second kappa shape index (κ2) is 6.39. The Balaban J connectivity index is 2.03. The molecule has 0 spiro atoms. The Morgan fingerprint density at radius 3 is 2.33 bits per heavy atom. The minimum absolute atomic E-state index is 0.477. The molecule has 1 aromatic carbocycles. The van der Waals surface area contributed by atoms with Gasteiger partial charge in [0.1, 0.15) is 5.69 Å². The molecule has 0 fully saturated rings. The van der Waals surface area contributed by atoms with Gasteiger partial charge in [-0.2, -0.15) is 13.2 Å². The van der Waals surface area contributed by atoms with Gasteiger partial charge in [0, 0.05) is 11.3 Å². The van der Waals surface area contributed by atoms with E-state index < -0.39 is 11.7 Å². The summed E-state index contributed by atoms with van der Waals surface area (Å²) in [6.07, 6.45) is -1.57. The first-order valence-electron chi connectivity index (χ1n) is 6.54. The van der Waals surface area contributed by atoms with E-state index in [1.807, 2.05) is 6.92 Å². The van der Waals surface area contributed by atoms with Crippen molar-refractivity contribution < 1.29 is 18.0 Å². The molecule has 0 saturated heterocycles. The highest BCUT2D eigenvalue weighted by Crippen LogP contribution is 2.29. The van der Waals surface area contributed by atoms with E-state index in [0.29, 0.717) is 18.5 Å². The third-order valence-corrected chi connectivity index (χ3v) is 4.39. The van der Waals surface area contributed by atoms with E-state index in [2.05, 4.69) is 4.98 Å². The Labute approximate surface area is 124 Å². The molecule has 0 aliphatic carbocycles. The van der Waals surface area contributed by atoms with Gasteiger partial charge in [0.15, 0.2) is 6.29 Å². The topological polar surface area (TPSA) is 30.0 Å². The fourth-order valence-corrected chi connectivity index (χ4v) is 2.95. The number of benzene rings is 1. The molecule has 112 valence electrons. The summed E-state index contributed by atoms with van der Waals surface area (Å²) in [4.78, 5) is 16.0. The number of thiazole rings is 1. The first-order valence-corrected chi connectivity index (χ1v) is 7.35. The van der Waals surface area contributed by atoms with Gasteiger partial charge in [-0.25, -0.2) is 4.98 Å². The molecular formula is C15H14F3NOS. The van der Waals surface area contributed by atoms with Crippen LogP contribution in [0.2, 0.25) is 0 Å². The molecule has 2 aromatic rings. The summed E-state index contributed by atoms with van der Waals surface area (Å²) in [5.41, 5.74) is 0.658. The number of carbonyl (C=O) groups is 1. The number of alkyl halides is 3. The smallest absolute Gasteiger partial charge is 0.296 e. The Bertz CT molecular complexity index is 617. The molecule has 0 atom stereocenters. The highest BCUT2D eigenvalue weighted by atomic mass is 32.1. The molecule has 6 heteroatoms. The summed E-state index contributed by atoms with van der Waals surface area (Å²) in [5, 5.41) is 0.842. The van der Waals surface area contributed by atoms with Crippen LogP contribution in [-0.2, 0) is 25.4 Å². The lowest BCUT2D eigenvalue weighted by atomic mass is 10.1. The van der Waals surface area contributed by atoms with Crippen LogP contribution in [-0.4, -0.2) is 11.3 Å². The predicted octanol–water partition coefficient (Wildman–Crippen LogP) is 4.32. The van der Waals surface area contributed by atoms with Crippen LogP contribution >= 0.6 is 11.3 Å². The zero-order chi connectivity index (χ0) is 15.5. The van der Waals surface area contributed by atoms with Gasteiger partial charge < -0.3 is 0 Å². The van der Waals surface area contributed by atoms with Gasteiger partial charge in [0.05, 0.1) is 10.6 Å². The molecular weight excluding hydrogens is 299 g/mol. The fourth-order valence-electron chi connectivity index (χ4n) is 1.98. The molecule has 0 unspecified atom stereocenters. The number of rotatable bonds is 5. The third-order valence-electron chi connectivity index (χ3n) is 3.11. The van der Waals surface area contributed by atoms with E-state index in [-0.39, 0.29) is 0 Å². The van der Waals surface area contributed by atoms with Gasteiger partial charge in [-0.1, -0.05) is 19.1 Å². The minimum Gasteiger partial charge on any atom is -0.296 e. The number of aryl methyl sites for hydroxylation is 3. The number of hydrogen-bond acceptors (Lipinski definition) is 3. The van der Waals surface area contributed by atoms with E-state index in [4.69, 9.17) is 0 Å². The number of nitrogens with zero attached hydrogens (tertiary/aromatic N) is 1. The van der Waals surface area contributed by atoms with Crippen molar-refractivity contribution in [2.45, 2.75) is 32.4 Å². The molecule has 0 saturated carbocycles. The average molecular weight is 313 g/mol. The van der Waals surface area contributed by atoms with Gasteiger partial charge in [0.2, 0.25) is 0 Å². The highest BCUT2D eigenvalue weighted by molar-refractivity contribution is 7.11. The van der Waals surface area contributed by atoms with Crippen LogP contribution in [0.4, 0.5) is 13.2 Å². The average Bonchev–Trinajstić information content (AvgIpc) is 2.87. The van der Waals surface area contributed by atoms with Crippen LogP contribution in [0.5, 0.6) is 0 Å². The first-order chi connectivity index (χ1) is 9.94. The summed E-state index contributed by atoms with van der Waals surface area (Å²) in [7, 11) is 0. The molecule has 21 heavy (non-hydrogen) atoms. The standard InChI is InChI=1S/C15H14F3NOS/c1-2-13-12(9-20)19-14(21-13)8-5-10-3-6-11(7-4-10)15(16,17)18/h3-4,6-7,9H,2,5,8H2,1H3. The Morgan fingerprint density at radius 1 is 1.19 bits per heavy atom. The van der Waals surface area contributed by atoms with Crippen LogP contribution in [0.25, 0.3) is 0 Å². The zero-order valence-electron chi connectivity index (χ0n) is 11.4. The SMILES string of the molecule is CCc1sc(CCc2ccc(C(F)(F)F)cc2)nc1C=O. The number of aldehydes is 1. The van der Waals surface area contributed by atoms with E-state index in [1.54, 1.807) is 0 Å². The van der Waals surface area contributed by atoms with Crippen molar-refractivity contribution in [2.24, 2.45) is 0 Å². The molecule has 0 aliphatic heterocycles. The molecule has 0 amide bonds. The monoisotopic (exact) mass is 313 g/mol. The largest absolute Gasteiger partial charge is 0.416 e. The molecule has 2 nitrogen and oxygen atoms in total. The van der Waals surface area contributed by atoms with Crippen molar-refractivity contribution >= 4 is 17.6 Å². The van der Waals surface area contributed by atoms with Crippen molar-refractivity contribution in [1.29, 1.82) is 0 Å². The normalized spacial score (nSPS) is 11.6. The van der Waals surface area contributed by atoms with Crippen molar-refractivity contribution in [3.05, 3.63) is 51.0 Å². The van der Waals surface area contributed by atoms with Crippen molar-refractivity contribution in [3.8, 4) is 0 Å². The molecule has 0 aliphatic rings. The van der Waals surface area contributed by atoms with Crippen molar-refractivity contribution in [3.63, 3.8) is 0 Å². The molecule has 0 bridgehead atoms. The Morgan fingerprint density at radius 2 is 1.86 bits per heavy atom. The highest BCUT2D eigenvalue weighted by Gasteiger charge is 2.29. The van der Waals surface area contributed by atoms with E-state index >= 15 is 0 Å². The predicted molar refractivity (Wildman–Crippen MR) is 75.7 cm³/mol. The summed E-state index contributed by atoms with van der Waals surface area (Å²) in [6.45, 7) is 1.96. The zero-order valence-corrected chi connectivity index (χ0v) is 12.2. The number of carbonyl (C=O) groups excluding carboxylic acids is 1. The number of halogens is 3. The van der Waals surface area contributed by atoms with Crippen LogP contribution in [0.1, 0.15) is 38.4 Å². The Hall–Kier alpha value is -1.69. The van der Waals surface area contributed by atoms with Gasteiger partial charge in [-0.05, 0) is 30.5 Å². The second-order valence-corrected chi connectivity index (χ2v) is 5.75. The van der Waals surface area contributed by atoms with Crippen molar-refractivity contribution in [2.75, 3.05) is 0 Å². The quantitative estimate of drug-likeness (QED) is 0.769. The van der Waals surface area contributed by atoms with E-state index in [0.717, 1.165) is 40.3 Å². The van der Waals surface area contributed by atoms with Crippen LogP contribution in [0.15, 0.2) is 24.3 Å². The molecule has 1 heterocycles. The maximum atomic E-state index is 12.5. The fraction of sp³-hybridized carbons (Fsp3) is 0.333. The summed E-state index contributed by atoms with van der Waals surface area (Å²) >= 11 is 1.49. The van der Waals surface area contributed by atoms with Crippen LogP contribution in [0, 0.1) is 0 Å². The maximum absolute atomic E-state index is 12.5. The number of hydrogen-bond donors (Lipinski definition) is 0. The first kappa shape index (κ1) is 15.7. The van der Waals surface area contributed by atoms with Gasteiger partial charge >= 0.3 is 6.18 Å². The maximum Gasteiger partial charge on any atom is 0.416 e. The van der Waals surface area contributed by atoms with Gasteiger partial charge in [-0.3, -0.25) is 4.79 Å². The summed E-state index contributed by atoms with van der Waals surface area (Å²) < 4.78 is 37.4. The summed E-state index contributed by atoms with van der Waals surface area (Å²) in [5.74, 6) is 0. The molecule has 0 radical (unpaired) electrons. The lowest BCUT2D eigenvalue weighted by Crippen LogP contribution is -2.04. The van der Waals surface area contributed by atoms with Crippen molar-refractivity contribution in [1.82, 2.24) is 4.98 Å². The van der Waals surface area contributed by atoms with Crippen LogP contribution < -0.4 is 0 Å². The lowest BCUT2D eigenvalue weighted by molar-refractivity contribution is -0.137. The van der Waals surface area contributed by atoms with Gasteiger partial charge in [0.25, 0.3) is 0 Å².